The van der Waals surface area contributed by atoms with Crippen molar-refractivity contribution in [1.82, 2.24) is 0 Å². The quantitative estimate of drug-likeness (QED) is 0.311. The van der Waals surface area contributed by atoms with Gasteiger partial charge in [0.2, 0.25) is 0 Å². The average molecular weight is 129 g/mol. The average Bonchev–Trinajstić information content (AvgIpc) is 1.38. The zero-order valence-corrected chi connectivity index (χ0v) is 4.61. The molecule has 0 aliphatic carbocycles. The summed E-state index contributed by atoms with van der Waals surface area (Å²) in [5, 5.41) is 0. The van der Waals surface area contributed by atoms with Crippen molar-refractivity contribution in [2.75, 3.05) is 0 Å². The van der Waals surface area contributed by atoms with Gasteiger partial charge in [-0.05, 0) is 12.9 Å². The van der Waals surface area contributed by atoms with Crippen molar-refractivity contribution in [1.29, 1.82) is 0 Å². The third-order valence-electron chi connectivity index (χ3n) is 0.0609. The fraction of sp³-hybridized carbons (Fsp3) is 0. The van der Waals surface area contributed by atoms with E-state index in [4.69, 9.17) is 0 Å². The van der Waals surface area contributed by atoms with Gasteiger partial charge in [-0.2, -0.15) is 0 Å². The van der Waals surface area contributed by atoms with Gasteiger partial charge in [0.05, 0.1) is 0 Å². The second-order valence-electron chi connectivity index (χ2n) is 0.279. The second-order valence-corrected chi connectivity index (χ2v) is 2.10. The summed E-state index contributed by atoms with van der Waals surface area (Å²) in [5.41, 5.74) is 0. The highest BCUT2D eigenvalue weighted by molar-refractivity contribution is 8.21. The number of rotatable bonds is 1. The molecule has 0 saturated heterocycles. The first-order valence-corrected chi connectivity index (χ1v) is 3.05. The summed E-state index contributed by atoms with van der Waals surface area (Å²) in [6.07, 6.45) is 0. The Bertz CT molecular complexity index is 63.0. The van der Waals surface area contributed by atoms with Gasteiger partial charge in [-0.25, -0.2) is 11.2 Å². The highest BCUT2D eigenvalue weighted by Gasteiger charge is 1.41. The summed E-state index contributed by atoms with van der Waals surface area (Å²) < 4.78 is 13.2. The smallest absolute Gasteiger partial charge is 0.0472 e. The van der Waals surface area contributed by atoms with E-state index in [2.05, 4.69) is 27.7 Å². The van der Waals surface area contributed by atoms with Crippen molar-refractivity contribution in [3.05, 3.63) is 0 Å². The van der Waals surface area contributed by atoms with Crippen molar-refractivity contribution >= 4 is 33.7 Å². The second kappa shape index (κ2) is 2.89. The molecule has 0 rings (SSSR count). The molecular formula is HO2S3-. The molecule has 5 heteroatoms. The minimum Gasteiger partial charge on any atom is -0.424 e. The van der Waals surface area contributed by atoms with Crippen LogP contribution in [0.3, 0.4) is 0 Å². The first-order chi connectivity index (χ1) is 2.27. The van der Waals surface area contributed by atoms with Crippen molar-refractivity contribution in [3.63, 3.8) is 0 Å². The van der Waals surface area contributed by atoms with E-state index in [0.717, 1.165) is 0 Å². The molecule has 0 fully saturated rings. The van der Waals surface area contributed by atoms with E-state index in [-0.39, 0.29) is 0 Å². The lowest BCUT2D eigenvalue weighted by Crippen LogP contribution is -1.59. The normalized spacial score (nSPS) is 9.20. The van der Waals surface area contributed by atoms with Gasteiger partial charge < -0.3 is 7.84 Å². The molecule has 0 aliphatic rings. The van der Waals surface area contributed by atoms with Crippen LogP contribution in [0.1, 0.15) is 0 Å². The highest BCUT2D eigenvalue weighted by atomic mass is 32.8. The van der Waals surface area contributed by atoms with Crippen LogP contribution in [0.5, 0.6) is 0 Å². The zero-order valence-electron chi connectivity index (χ0n) is 2.08. The molecule has 0 aromatic rings. The van der Waals surface area contributed by atoms with Crippen LogP contribution in [-0.2, 0) is 28.7 Å². The fourth-order valence-corrected chi connectivity index (χ4v) is 0. The molecule has 0 spiro atoms. The predicted molar refractivity (Wildman–Crippen MR) is 25.5 cm³/mol. The molecule has 0 saturated carbocycles. The maximum absolute atomic E-state index is 9.44. The molecule has 0 radical (unpaired) electrons. The summed E-state index contributed by atoms with van der Waals surface area (Å²) >= 11 is 7.06. The van der Waals surface area contributed by atoms with Crippen LogP contribution in [0.25, 0.3) is 0 Å². The number of hydrogen-bond acceptors (Lipinski definition) is 5. The Morgan fingerprint density at radius 2 is 2.20 bits per heavy atom. The Balaban J connectivity index is 3.23. The van der Waals surface area contributed by atoms with Gasteiger partial charge in [-0.15, -0.1) is 0 Å². The molecular weight excluding hydrogens is 128 g/mol. The molecule has 0 bridgehead atoms. The fourth-order valence-electron chi connectivity index (χ4n) is 0. The maximum Gasteiger partial charge on any atom is -0.0472 e. The molecule has 5 heavy (non-hydrogen) atoms. The minimum absolute atomic E-state index is 1.63. The van der Waals surface area contributed by atoms with E-state index >= 15 is 0 Å². The Labute approximate surface area is 42.0 Å². The maximum atomic E-state index is 9.44. The summed E-state index contributed by atoms with van der Waals surface area (Å²) in [5.74, 6) is 0. The van der Waals surface area contributed by atoms with E-state index in [9.17, 15) is 4.21 Å². The topological polar surface area (TPSA) is 26.3 Å². The lowest BCUT2D eigenvalue weighted by atomic mass is 15.9. The minimum atomic E-state index is -1.63. The van der Waals surface area contributed by atoms with E-state index in [1.54, 1.807) is 0 Å². The molecule has 0 aliphatic heterocycles. The van der Waals surface area contributed by atoms with Gasteiger partial charge in [0.15, 0.2) is 0 Å². The van der Waals surface area contributed by atoms with E-state index in [0.29, 0.717) is 0 Å². The van der Waals surface area contributed by atoms with Gasteiger partial charge in [0.25, 0.3) is 0 Å². The van der Waals surface area contributed by atoms with Crippen LogP contribution in [0.2, 0.25) is 0 Å². The van der Waals surface area contributed by atoms with Gasteiger partial charge in [-0.3, -0.25) is 0 Å². The Morgan fingerprint density at radius 3 is 2.20 bits per heavy atom. The molecule has 0 atom stereocenters. The van der Waals surface area contributed by atoms with E-state index in [1.165, 1.54) is 0 Å². The highest BCUT2D eigenvalue weighted by Crippen LogP contribution is 1.72. The molecule has 32 valence electrons. The molecule has 0 aromatic heterocycles. The third-order valence-corrected chi connectivity index (χ3v) is 1.10. The van der Waals surface area contributed by atoms with Gasteiger partial charge in [0, 0.05) is 0 Å². The first-order valence-electron chi connectivity index (χ1n) is 0.683. The lowest BCUT2D eigenvalue weighted by molar-refractivity contribution is 0.565. The third kappa shape index (κ3) is 4.68. The zero-order chi connectivity index (χ0) is 4.28. The summed E-state index contributed by atoms with van der Waals surface area (Å²) in [6.45, 7) is 0. The standard InChI is InChI=1S/HO2S3/c1-5(4)2-3/h3H/q-1. The molecule has 0 aromatic carbocycles. The largest absolute Gasteiger partial charge is 0.424 e. The summed E-state index contributed by atoms with van der Waals surface area (Å²) in [6, 6.07) is 0. The molecule has 0 unspecified atom stereocenters. The van der Waals surface area contributed by atoms with E-state index in [1.807, 2.05) is 0 Å². The van der Waals surface area contributed by atoms with Crippen LogP contribution in [-0.4, -0.2) is 0 Å². The van der Waals surface area contributed by atoms with Crippen molar-refractivity contribution in [2.24, 2.45) is 0 Å². The Morgan fingerprint density at radius 1 is 2.00 bits per heavy atom. The first kappa shape index (κ1) is 5.68. The predicted octanol–water partition coefficient (Wildman–Crippen LogP) is 0.189. The Hall–Kier alpha value is 0.680. The van der Waals surface area contributed by atoms with Crippen LogP contribution in [0.15, 0.2) is 0 Å². The summed E-state index contributed by atoms with van der Waals surface area (Å²) in [7, 11) is -1.63. The number of thiol groups is 1. The van der Waals surface area contributed by atoms with E-state index < -0.39 is 9.64 Å². The van der Waals surface area contributed by atoms with Crippen LogP contribution < -0.4 is 0 Å². The molecule has 2 nitrogen and oxygen atoms in total. The van der Waals surface area contributed by atoms with Crippen molar-refractivity contribution in [2.45, 2.75) is 0 Å². The SMILES string of the molecule is O=[S-](=S)OS. The van der Waals surface area contributed by atoms with Gasteiger partial charge >= 0.3 is 0 Å². The molecule has 0 amide bonds. The number of hydrogen-bond donors (Lipinski definition) is 1. The van der Waals surface area contributed by atoms with Crippen LogP contribution >= 0.6 is 12.9 Å². The van der Waals surface area contributed by atoms with Crippen molar-refractivity contribution in [3.8, 4) is 0 Å². The monoisotopic (exact) mass is 129 g/mol. The van der Waals surface area contributed by atoms with Gasteiger partial charge in [0.1, 0.15) is 0 Å². The lowest BCUT2D eigenvalue weighted by Gasteiger charge is -1.84. The van der Waals surface area contributed by atoms with Crippen LogP contribution in [0.4, 0.5) is 0 Å². The molecule has 0 N–H and O–H groups in total. The van der Waals surface area contributed by atoms with Gasteiger partial charge in [-0.1, -0.05) is 9.64 Å². The van der Waals surface area contributed by atoms with Crippen molar-refractivity contribution < 1.29 is 7.84 Å². The summed E-state index contributed by atoms with van der Waals surface area (Å²) in [4.78, 5) is 0. The van der Waals surface area contributed by atoms with Crippen LogP contribution in [0, 0.1) is 0 Å². The molecule has 0 heterocycles. The Kier molecular flexibility index (Phi) is 3.29.